The minimum absolute atomic E-state index is 0.0306. The number of alkyl halides is 1. The lowest BCUT2D eigenvalue weighted by Gasteiger charge is -2.61. The van der Waals surface area contributed by atoms with Gasteiger partial charge in [0.15, 0.2) is 23.7 Å². The number of imidazole rings is 1. The number of alkyl carbamates (subject to hydrolysis) is 1. The largest absolute Gasteiger partial charge is 0.441 e. The molecule has 3 aromatic rings. The molecule has 12 nitrogen and oxygen atoms in total. The number of fused-ring (bicyclic) bond motifs is 1. The van der Waals surface area contributed by atoms with E-state index in [-0.39, 0.29) is 18.8 Å². The number of halogens is 1. The van der Waals surface area contributed by atoms with Gasteiger partial charge in [0.1, 0.15) is 17.7 Å². The fourth-order valence-electron chi connectivity index (χ4n) is 5.27. The highest BCUT2D eigenvalue weighted by Gasteiger charge is 2.58. The fourth-order valence-corrected chi connectivity index (χ4v) is 5.27. The van der Waals surface area contributed by atoms with Crippen molar-refractivity contribution in [2.45, 2.75) is 56.0 Å². The molecule has 0 spiro atoms. The van der Waals surface area contributed by atoms with Crippen molar-refractivity contribution in [1.82, 2.24) is 29.9 Å². The van der Waals surface area contributed by atoms with Crippen LogP contribution in [0.2, 0.25) is 0 Å². The standard InChI is InChI=1S/C23H25FN8O4/c24-18-16(36-22(34)29-23-7-12(8-23)9-23)11-35-19(18)15-6-17(31-30-15)28-21-27-14(2-1-5-33)13(10-25)20-26-3-4-32(20)21/h3-4,6,12,16,18-19,33H,1-2,5,7-9,11H2,(H,29,34)(H2,27,28,30,31)/t12?,16-,18+,19-,23?/m0/s1. The summed E-state index contributed by atoms with van der Waals surface area (Å²) >= 11 is 0. The van der Waals surface area contributed by atoms with Crippen LogP contribution in [0.1, 0.15) is 48.7 Å². The van der Waals surface area contributed by atoms with Gasteiger partial charge in [0, 0.05) is 30.6 Å². The van der Waals surface area contributed by atoms with Crippen molar-refractivity contribution in [1.29, 1.82) is 5.26 Å². The summed E-state index contributed by atoms with van der Waals surface area (Å²) < 4.78 is 27.6. The summed E-state index contributed by atoms with van der Waals surface area (Å²) in [6.45, 7) is -0.0884. The number of hydrogen-bond acceptors (Lipinski definition) is 9. The van der Waals surface area contributed by atoms with E-state index in [9.17, 15) is 15.2 Å². The van der Waals surface area contributed by atoms with Crippen LogP contribution in [0.15, 0.2) is 18.5 Å². The molecule has 4 N–H and O–H groups in total. The Morgan fingerprint density at radius 3 is 3.00 bits per heavy atom. The first kappa shape index (κ1) is 22.7. The van der Waals surface area contributed by atoms with Crippen molar-refractivity contribution in [2.24, 2.45) is 5.92 Å². The number of nitrogens with zero attached hydrogens (tertiary/aromatic N) is 5. The Labute approximate surface area is 204 Å². The number of aliphatic hydroxyl groups is 1. The molecule has 0 radical (unpaired) electrons. The van der Waals surface area contributed by atoms with Gasteiger partial charge < -0.3 is 25.2 Å². The van der Waals surface area contributed by atoms with Gasteiger partial charge in [0.05, 0.1) is 18.0 Å². The lowest BCUT2D eigenvalue weighted by atomic mass is 9.50. The average Bonchev–Trinajstić information content (AvgIpc) is 3.55. The lowest BCUT2D eigenvalue weighted by Crippen LogP contribution is -2.68. The predicted molar refractivity (Wildman–Crippen MR) is 122 cm³/mol. The molecular weight excluding hydrogens is 471 g/mol. The number of aliphatic hydroxyl groups excluding tert-OH is 1. The minimum atomic E-state index is -1.56. The molecule has 1 aliphatic heterocycles. The summed E-state index contributed by atoms with van der Waals surface area (Å²) in [6.07, 6.45) is 2.83. The average molecular weight is 497 g/mol. The highest BCUT2D eigenvalue weighted by molar-refractivity contribution is 5.69. The third kappa shape index (κ3) is 3.82. The Morgan fingerprint density at radius 1 is 1.44 bits per heavy atom. The fraction of sp³-hybridized carbons (Fsp3) is 0.522. The van der Waals surface area contributed by atoms with Crippen LogP contribution < -0.4 is 10.6 Å². The van der Waals surface area contributed by atoms with Crippen LogP contribution in [-0.2, 0) is 15.9 Å². The number of aromatic amines is 1. The third-order valence-electron chi connectivity index (χ3n) is 7.20. The molecule has 7 rings (SSSR count). The van der Waals surface area contributed by atoms with Crippen LogP contribution >= 0.6 is 0 Å². The second-order valence-electron chi connectivity index (χ2n) is 9.68. The number of rotatable bonds is 8. The number of carbonyl (C=O) groups is 1. The zero-order valence-electron chi connectivity index (χ0n) is 19.3. The highest BCUT2D eigenvalue weighted by atomic mass is 19.1. The zero-order chi connectivity index (χ0) is 24.9. The smallest absolute Gasteiger partial charge is 0.408 e. The van der Waals surface area contributed by atoms with E-state index in [0.29, 0.717) is 53.1 Å². The number of ether oxygens (including phenoxy) is 2. The van der Waals surface area contributed by atoms with Crippen LogP contribution in [0.3, 0.4) is 0 Å². The SMILES string of the molecule is N#Cc1c(CCCO)nc(Nc2cc([C@@H]3OC[C@H](OC(=O)NC45CC(C4)C5)[C@H]3F)[nH]n2)n2ccnc12. The molecule has 3 aromatic heterocycles. The number of carbonyl (C=O) groups excluding carboxylic acids is 1. The molecule has 4 aliphatic rings. The Morgan fingerprint density at radius 2 is 2.28 bits per heavy atom. The van der Waals surface area contributed by atoms with E-state index in [4.69, 9.17) is 9.47 Å². The van der Waals surface area contributed by atoms with Crippen LogP contribution in [0.4, 0.5) is 21.0 Å². The van der Waals surface area contributed by atoms with Gasteiger partial charge in [0.25, 0.3) is 0 Å². The number of aryl methyl sites for hydroxylation is 1. The van der Waals surface area contributed by atoms with Crippen LogP contribution in [0, 0.1) is 17.2 Å². The molecular formula is C23H25FN8O4. The first-order chi connectivity index (χ1) is 17.5. The van der Waals surface area contributed by atoms with Crippen molar-refractivity contribution < 1.29 is 23.8 Å². The summed E-state index contributed by atoms with van der Waals surface area (Å²) in [4.78, 5) is 21.0. The molecule has 3 aliphatic carbocycles. The third-order valence-corrected chi connectivity index (χ3v) is 7.20. The van der Waals surface area contributed by atoms with Crippen LogP contribution in [0.25, 0.3) is 5.65 Å². The number of anilines is 2. The summed E-state index contributed by atoms with van der Waals surface area (Å²) in [5, 5.41) is 31.7. The first-order valence-corrected chi connectivity index (χ1v) is 11.9. The van der Waals surface area contributed by atoms with Crippen molar-refractivity contribution in [3.8, 4) is 6.07 Å². The molecule has 2 bridgehead atoms. The molecule has 4 fully saturated rings. The van der Waals surface area contributed by atoms with E-state index < -0.39 is 24.5 Å². The van der Waals surface area contributed by atoms with Gasteiger partial charge in [-0.1, -0.05) is 0 Å². The van der Waals surface area contributed by atoms with E-state index in [1.165, 1.54) is 0 Å². The van der Waals surface area contributed by atoms with E-state index in [0.717, 1.165) is 19.3 Å². The predicted octanol–water partition coefficient (Wildman–Crippen LogP) is 2.05. The van der Waals surface area contributed by atoms with Crippen molar-refractivity contribution in [3.05, 3.63) is 35.4 Å². The van der Waals surface area contributed by atoms with Gasteiger partial charge in [-0.05, 0) is 38.0 Å². The summed E-state index contributed by atoms with van der Waals surface area (Å²) in [6, 6.07) is 3.73. The van der Waals surface area contributed by atoms with Gasteiger partial charge >= 0.3 is 6.09 Å². The lowest BCUT2D eigenvalue weighted by molar-refractivity contribution is -0.0528. The summed E-state index contributed by atoms with van der Waals surface area (Å²) in [5.74, 6) is 1.42. The molecule has 188 valence electrons. The van der Waals surface area contributed by atoms with Crippen LogP contribution in [-0.4, -0.2) is 66.8 Å². The van der Waals surface area contributed by atoms with Crippen molar-refractivity contribution >= 4 is 23.5 Å². The monoisotopic (exact) mass is 496 g/mol. The maximum atomic E-state index is 15.1. The number of aromatic nitrogens is 5. The van der Waals surface area contributed by atoms with Gasteiger partial charge in [-0.3, -0.25) is 9.50 Å². The molecule has 1 saturated heterocycles. The number of nitriles is 1. The summed E-state index contributed by atoms with van der Waals surface area (Å²) in [5.41, 5.74) is 1.51. The zero-order valence-corrected chi connectivity index (χ0v) is 19.3. The minimum Gasteiger partial charge on any atom is -0.441 e. The van der Waals surface area contributed by atoms with E-state index in [1.54, 1.807) is 22.9 Å². The number of amides is 1. The quantitative estimate of drug-likeness (QED) is 0.365. The van der Waals surface area contributed by atoms with E-state index in [1.807, 2.05) is 0 Å². The Balaban J connectivity index is 1.15. The first-order valence-electron chi connectivity index (χ1n) is 11.9. The second-order valence-corrected chi connectivity index (χ2v) is 9.68. The Kier molecular flexibility index (Phi) is 5.50. The van der Waals surface area contributed by atoms with Crippen LogP contribution in [0.5, 0.6) is 0 Å². The molecule has 0 unspecified atom stereocenters. The number of H-pyrrole nitrogens is 1. The molecule has 3 atom stereocenters. The van der Waals surface area contributed by atoms with Gasteiger partial charge in [0.2, 0.25) is 5.95 Å². The maximum Gasteiger partial charge on any atom is 0.408 e. The molecule has 36 heavy (non-hydrogen) atoms. The molecule has 13 heteroatoms. The normalized spacial score (nSPS) is 28.2. The van der Waals surface area contributed by atoms with Gasteiger partial charge in [-0.2, -0.15) is 10.4 Å². The van der Waals surface area contributed by atoms with Gasteiger partial charge in [-0.25, -0.2) is 19.2 Å². The Bertz CT molecular complexity index is 1330. The second kappa shape index (κ2) is 8.72. The number of nitrogens with one attached hydrogen (secondary N) is 3. The van der Waals surface area contributed by atoms with Crippen molar-refractivity contribution in [3.63, 3.8) is 0 Å². The molecule has 0 aromatic carbocycles. The summed E-state index contributed by atoms with van der Waals surface area (Å²) in [7, 11) is 0. The Hall–Kier alpha value is -3.76. The molecule has 3 saturated carbocycles. The molecule has 4 heterocycles. The van der Waals surface area contributed by atoms with Gasteiger partial charge in [-0.15, -0.1) is 0 Å². The maximum absolute atomic E-state index is 15.1. The number of hydrogen-bond donors (Lipinski definition) is 4. The van der Waals surface area contributed by atoms with Crippen molar-refractivity contribution in [2.75, 3.05) is 18.5 Å². The molecule has 1 amide bonds. The van der Waals surface area contributed by atoms with E-state index >= 15 is 4.39 Å². The van der Waals surface area contributed by atoms with E-state index in [2.05, 4.69) is 36.9 Å². The topological polar surface area (TPSA) is 162 Å². The highest BCUT2D eigenvalue weighted by Crippen LogP contribution is 2.57.